The van der Waals surface area contributed by atoms with E-state index in [9.17, 15) is 9.18 Å². The first-order chi connectivity index (χ1) is 6.78. The summed E-state index contributed by atoms with van der Waals surface area (Å²) in [4.78, 5) is 10.4. The molecule has 0 N–H and O–H groups in total. The molecule has 0 spiro atoms. The fourth-order valence-corrected chi connectivity index (χ4v) is 1.23. The summed E-state index contributed by atoms with van der Waals surface area (Å²) < 4.78 is 18.3. The van der Waals surface area contributed by atoms with Gasteiger partial charge in [-0.1, -0.05) is 0 Å². The average Bonchev–Trinajstić information content (AvgIpc) is 2.97. The van der Waals surface area contributed by atoms with Gasteiger partial charge in [-0.25, -0.2) is 4.39 Å². The van der Waals surface area contributed by atoms with Crippen LogP contribution in [0.2, 0.25) is 0 Å². The predicted octanol–water partition coefficient (Wildman–Crippen LogP) is 2.43. The molecule has 1 aliphatic rings. The number of carbonyl (C=O) groups excluding carboxylic acids is 1. The van der Waals surface area contributed by atoms with Crippen LogP contribution in [-0.4, -0.2) is 12.9 Å². The fourth-order valence-electron chi connectivity index (χ4n) is 1.23. The van der Waals surface area contributed by atoms with Gasteiger partial charge in [0.25, 0.3) is 0 Å². The Kier molecular flexibility index (Phi) is 2.48. The van der Waals surface area contributed by atoms with Crippen molar-refractivity contribution in [2.45, 2.75) is 12.8 Å². The number of rotatable bonds is 4. The average molecular weight is 194 g/mol. The van der Waals surface area contributed by atoms with E-state index in [0.29, 0.717) is 30.1 Å². The Bertz CT molecular complexity index is 345. The quantitative estimate of drug-likeness (QED) is 0.688. The van der Waals surface area contributed by atoms with E-state index < -0.39 is 5.82 Å². The summed E-state index contributed by atoms with van der Waals surface area (Å²) in [7, 11) is 0. The molecule has 1 aliphatic carbocycles. The van der Waals surface area contributed by atoms with Crippen molar-refractivity contribution in [3.8, 4) is 5.75 Å². The van der Waals surface area contributed by atoms with Crippen molar-refractivity contribution in [1.29, 1.82) is 0 Å². The Morgan fingerprint density at radius 2 is 2.21 bits per heavy atom. The molecule has 0 radical (unpaired) electrons. The molecule has 2 nitrogen and oxygen atoms in total. The maximum Gasteiger partial charge on any atom is 0.150 e. The minimum atomic E-state index is -0.430. The molecule has 0 heterocycles. The third-order valence-electron chi connectivity index (χ3n) is 2.21. The lowest BCUT2D eigenvalue weighted by Crippen LogP contribution is -1.99. The Morgan fingerprint density at radius 3 is 2.86 bits per heavy atom. The minimum Gasteiger partial charge on any atom is -0.493 e. The monoisotopic (exact) mass is 194 g/mol. The molecule has 3 heteroatoms. The topological polar surface area (TPSA) is 26.3 Å². The van der Waals surface area contributed by atoms with Crippen LogP contribution in [0, 0.1) is 11.7 Å². The molecule has 0 aromatic heterocycles. The van der Waals surface area contributed by atoms with Crippen LogP contribution in [0.15, 0.2) is 18.2 Å². The molecule has 0 bridgehead atoms. The second-order valence-corrected chi connectivity index (χ2v) is 3.59. The lowest BCUT2D eigenvalue weighted by Gasteiger charge is -2.05. The summed E-state index contributed by atoms with van der Waals surface area (Å²) in [6.07, 6.45) is 3.00. The normalized spacial score (nSPS) is 15.2. The van der Waals surface area contributed by atoms with E-state index in [0.717, 1.165) is 0 Å². The molecule has 74 valence electrons. The Balaban J connectivity index is 2.06. The maximum absolute atomic E-state index is 12.9. The molecule has 1 saturated carbocycles. The van der Waals surface area contributed by atoms with Gasteiger partial charge in [-0.3, -0.25) is 4.79 Å². The van der Waals surface area contributed by atoms with Crippen LogP contribution < -0.4 is 4.74 Å². The van der Waals surface area contributed by atoms with E-state index in [-0.39, 0.29) is 0 Å². The second-order valence-electron chi connectivity index (χ2n) is 3.59. The van der Waals surface area contributed by atoms with Crippen molar-refractivity contribution < 1.29 is 13.9 Å². The Hall–Kier alpha value is -1.38. The molecule has 1 aromatic rings. The predicted molar refractivity (Wildman–Crippen MR) is 50.0 cm³/mol. The Labute approximate surface area is 81.7 Å². The molecule has 0 atom stereocenters. The number of ether oxygens (including phenoxy) is 1. The number of hydrogen-bond donors (Lipinski definition) is 0. The van der Waals surface area contributed by atoms with Crippen LogP contribution >= 0.6 is 0 Å². The highest BCUT2D eigenvalue weighted by Gasteiger charge is 2.21. The molecule has 0 aliphatic heterocycles. The number of hydrogen-bond acceptors (Lipinski definition) is 2. The highest BCUT2D eigenvalue weighted by Crippen LogP contribution is 2.29. The molecule has 1 fully saturated rings. The standard InChI is InChI=1S/C11H11FO2/c12-10-3-9(6-13)4-11(5-10)14-7-8-1-2-8/h3-6,8H,1-2,7H2. The van der Waals surface area contributed by atoms with E-state index in [1.807, 2.05) is 0 Å². The van der Waals surface area contributed by atoms with E-state index in [1.54, 1.807) is 6.07 Å². The first-order valence-corrected chi connectivity index (χ1v) is 4.66. The van der Waals surface area contributed by atoms with Gasteiger partial charge in [0, 0.05) is 11.6 Å². The van der Waals surface area contributed by atoms with Crippen LogP contribution in [0.3, 0.4) is 0 Å². The highest BCUT2D eigenvalue weighted by atomic mass is 19.1. The van der Waals surface area contributed by atoms with Crippen LogP contribution in [0.1, 0.15) is 23.2 Å². The zero-order valence-corrected chi connectivity index (χ0v) is 7.70. The third kappa shape index (κ3) is 2.31. The zero-order valence-electron chi connectivity index (χ0n) is 7.70. The van der Waals surface area contributed by atoms with Gasteiger partial charge in [0.1, 0.15) is 17.9 Å². The molecule has 2 rings (SSSR count). The second kappa shape index (κ2) is 3.78. The van der Waals surface area contributed by atoms with Crippen LogP contribution in [0.25, 0.3) is 0 Å². The van der Waals surface area contributed by atoms with Gasteiger partial charge in [-0.05, 0) is 30.9 Å². The molecular formula is C11H11FO2. The smallest absolute Gasteiger partial charge is 0.150 e. The van der Waals surface area contributed by atoms with Gasteiger partial charge in [-0.2, -0.15) is 0 Å². The van der Waals surface area contributed by atoms with Crippen molar-refractivity contribution >= 4 is 6.29 Å². The Morgan fingerprint density at radius 1 is 1.43 bits per heavy atom. The maximum atomic E-state index is 12.9. The van der Waals surface area contributed by atoms with Crippen molar-refractivity contribution in [3.05, 3.63) is 29.6 Å². The highest BCUT2D eigenvalue weighted by molar-refractivity contribution is 5.75. The van der Waals surface area contributed by atoms with E-state index in [1.165, 1.54) is 25.0 Å². The summed E-state index contributed by atoms with van der Waals surface area (Å²) in [6, 6.07) is 4.05. The molecule has 1 aromatic carbocycles. The van der Waals surface area contributed by atoms with Gasteiger partial charge in [0.15, 0.2) is 0 Å². The number of carbonyl (C=O) groups is 1. The van der Waals surface area contributed by atoms with Gasteiger partial charge in [-0.15, -0.1) is 0 Å². The lowest BCUT2D eigenvalue weighted by atomic mass is 10.2. The first kappa shape index (κ1) is 9.19. The van der Waals surface area contributed by atoms with Crippen molar-refractivity contribution in [3.63, 3.8) is 0 Å². The molecule has 0 amide bonds. The van der Waals surface area contributed by atoms with Crippen molar-refractivity contribution in [2.24, 2.45) is 5.92 Å². The zero-order chi connectivity index (χ0) is 9.97. The van der Waals surface area contributed by atoms with Crippen molar-refractivity contribution in [1.82, 2.24) is 0 Å². The first-order valence-electron chi connectivity index (χ1n) is 4.66. The largest absolute Gasteiger partial charge is 0.493 e. The van der Waals surface area contributed by atoms with Gasteiger partial charge >= 0.3 is 0 Å². The number of benzene rings is 1. The lowest BCUT2D eigenvalue weighted by molar-refractivity contribution is 0.112. The van der Waals surface area contributed by atoms with Crippen molar-refractivity contribution in [2.75, 3.05) is 6.61 Å². The van der Waals surface area contributed by atoms with E-state index in [4.69, 9.17) is 4.74 Å². The molecule has 0 saturated heterocycles. The fraction of sp³-hybridized carbons (Fsp3) is 0.364. The number of aldehydes is 1. The third-order valence-corrected chi connectivity index (χ3v) is 2.21. The van der Waals surface area contributed by atoms with Crippen LogP contribution in [0.5, 0.6) is 5.75 Å². The summed E-state index contributed by atoms with van der Waals surface area (Å²) in [5.74, 6) is 0.636. The van der Waals surface area contributed by atoms with Crippen LogP contribution in [0.4, 0.5) is 4.39 Å². The molecule has 0 unspecified atom stereocenters. The summed E-state index contributed by atoms with van der Waals surface area (Å²) in [6.45, 7) is 0.627. The molecule has 14 heavy (non-hydrogen) atoms. The minimum absolute atomic E-state index is 0.316. The van der Waals surface area contributed by atoms with E-state index >= 15 is 0 Å². The summed E-state index contributed by atoms with van der Waals surface area (Å²) in [5.41, 5.74) is 0.316. The summed E-state index contributed by atoms with van der Waals surface area (Å²) in [5, 5.41) is 0. The van der Waals surface area contributed by atoms with Gasteiger partial charge in [0.2, 0.25) is 0 Å². The SMILES string of the molecule is O=Cc1cc(F)cc(OCC2CC2)c1. The van der Waals surface area contributed by atoms with Gasteiger partial charge in [0.05, 0.1) is 6.61 Å². The van der Waals surface area contributed by atoms with E-state index in [2.05, 4.69) is 0 Å². The van der Waals surface area contributed by atoms with Gasteiger partial charge < -0.3 is 4.74 Å². The number of halogens is 1. The molecular weight excluding hydrogens is 183 g/mol. The van der Waals surface area contributed by atoms with Crippen LogP contribution in [-0.2, 0) is 0 Å². The summed E-state index contributed by atoms with van der Waals surface area (Å²) >= 11 is 0.